The highest BCUT2D eigenvalue weighted by atomic mass is 32.1. The first-order valence-corrected chi connectivity index (χ1v) is 8.50. The van der Waals surface area contributed by atoms with Crippen molar-refractivity contribution in [3.63, 3.8) is 0 Å². The highest BCUT2D eigenvalue weighted by Gasteiger charge is 2.22. The Morgan fingerprint density at radius 2 is 1.96 bits per heavy atom. The number of hydrogen-bond acceptors (Lipinski definition) is 7. The smallest absolute Gasteiger partial charge is 0.205 e. The number of rotatable bonds is 5. The van der Waals surface area contributed by atoms with Gasteiger partial charge in [0.05, 0.1) is 14.2 Å². The molecule has 0 saturated carbocycles. The predicted octanol–water partition coefficient (Wildman–Crippen LogP) is 2.94. The highest BCUT2D eigenvalue weighted by molar-refractivity contribution is 7.09. The summed E-state index contributed by atoms with van der Waals surface area (Å²) in [5.41, 5.74) is 1.02. The third-order valence-electron chi connectivity index (χ3n) is 3.93. The number of anilines is 2. The molecule has 23 heavy (non-hydrogen) atoms. The summed E-state index contributed by atoms with van der Waals surface area (Å²) in [6, 6.07) is 6.24. The summed E-state index contributed by atoms with van der Waals surface area (Å²) in [6.07, 6.45) is 2.27. The molecule has 0 unspecified atom stereocenters. The molecule has 1 atom stereocenters. The molecule has 2 aromatic rings. The zero-order chi connectivity index (χ0) is 16.2. The van der Waals surface area contributed by atoms with Crippen molar-refractivity contribution in [2.45, 2.75) is 25.8 Å². The Hall–Kier alpha value is -2.02. The van der Waals surface area contributed by atoms with Gasteiger partial charge in [-0.2, -0.15) is 4.37 Å². The van der Waals surface area contributed by atoms with Gasteiger partial charge in [-0.15, -0.1) is 0 Å². The van der Waals surface area contributed by atoms with Crippen LogP contribution in [0.3, 0.4) is 0 Å². The van der Waals surface area contributed by atoms with Crippen LogP contribution < -0.4 is 19.7 Å². The number of hydrogen-bond donors (Lipinski definition) is 1. The van der Waals surface area contributed by atoms with Crippen LogP contribution in [0.2, 0.25) is 0 Å². The van der Waals surface area contributed by atoms with Gasteiger partial charge < -0.3 is 19.7 Å². The predicted molar refractivity (Wildman–Crippen MR) is 93.0 cm³/mol. The first-order chi connectivity index (χ1) is 11.2. The van der Waals surface area contributed by atoms with Gasteiger partial charge in [-0.05, 0) is 19.8 Å². The summed E-state index contributed by atoms with van der Waals surface area (Å²) in [5, 5.41) is 4.60. The number of ether oxygens (including phenoxy) is 2. The number of aryl methyl sites for hydroxylation is 1. The molecule has 1 aliphatic heterocycles. The second kappa shape index (κ2) is 7.04. The van der Waals surface area contributed by atoms with Crippen LogP contribution in [-0.2, 0) is 0 Å². The summed E-state index contributed by atoms with van der Waals surface area (Å²) in [4.78, 5) is 6.80. The van der Waals surface area contributed by atoms with Crippen LogP contribution in [0, 0.1) is 6.92 Å². The first-order valence-electron chi connectivity index (χ1n) is 7.73. The van der Waals surface area contributed by atoms with Crippen molar-refractivity contribution in [3.05, 3.63) is 24.0 Å². The quantitative estimate of drug-likeness (QED) is 0.907. The molecular weight excluding hydrogens is 312 g/mol. The Balaban J connectivity index is 1.70. The average molecular weight is 334 g/mol. The molecule has 124 valence electrons. The number of benzene rings is 1. The third-order valence-corrected chi connectivity index (χ3v) is 4.80. The summed E-state index contributed by atoms with van der Waals surface area (Å²) in [7, 11) is 3.33. The molecule has 0 spiro atoms. The number of methoxy groups -OCH3 is 2. The first kappa shape index (κ1) is 15.9. The zero-order valence-corrected chi connectivity index (χ0v) is 14.5. The molecule has 0 aliphatic carbocycles. The second-order valence-electron chi connectivity index (χ2n) is 5.66. The zero-order valence-electron chi connectivity index (χ0n) is 13.7. The molecule has 1 aromatic heterocycles. The minimum atomic E-state index is 0.366. The van der Waals surface area contributed by atoms with E-state index in [0.29, 0.717) is 6.04 Å². The van der Waals surface area contributed by atoms with Crippen LogP contribution >= 0.6 is 11.5 Å². The van der Waals surface area contributed by atoms with Crippen molar-refractivity contribution in [3.8, 4) is 11.5 Å². The molecule has 0 bridgehead atoms. The lowest BCUT2D eigenvalue weighted by molar-refractivity contribution is 0.394. The van der Waals surface area contributed by atoms with E-state index in [1.807, 2.05) is 25.1 Å². The fraction of sp³-hybridized carbons (Fsp3) is 0.500. The highest BCUT2D eigenvalue weighted by Crippen LogP contribution is 2.28. The molecule has 6 nitrogen and oxygen atoms in total. The normalized spacial score (nSPS) is 17.9. The maximum Gasteiger partial charge on any atom is 0.205 e. The number of nitrogens with zero attached hydrogens (tertiary/aromatic N) is 3. The molecule has 1 aliphatic rings. The molecule has 0 radical (unpaired) electrons. The molecule has 1 aromatic carbocycles. The fourth-order valence-electron chi connectivity index (χ4n) is 2.81. The SMILES string of the molecule is COc1cc(N[C@@H]2CCCN(c3nc(C)ns3)C2)cc(OC)c1. The van der Waals surface area contributed by atoms with Crippen molar-refractivity contribution in [1.29, 1.82) is 0 Å². The average Bonchev–Trinajstić information content (AvgIpc) is 3.01. The molecule has 7 heteroatoms. The van der Waals surface area contributed by atoms with Crippen LogP contribution in [0.15, 0.2) is 18.2 Å². The van der Waals surface area contributed by atoms with E-state index in [0.717, 1.165) is 54.1 Å². The Kier molecular flexibility index (Phi) is 4.85. The molecule has 1 saturated heterocycles. The molecule has 1 N–H and O–H groups in total. The molecule has 1 fully saturated rings. The van der Waals surface area contributed by atoms with Crippen LogP contribution in [-0.4, -0.2) is 42.7 Å². The van der Waals surface area contributed by atoms with Gasteiger partial charge in [-0.3, -0.25) is 0 Å². The molecule has 2 heterocycles. The van der Waals surface area contributed by atoms with Gasteiger partial charge in [-0.1, -0.05) is 0 Å². The van der Waals surface area contributed by atoms with E-state index in [2.05, 4.69) is 19.6 Å². The molecular formula is C16H22N4O2S. The largest absolute Gasteiger partial charge is 0.497 e. The standard InChI is InChI=1S/C16H22N4O2S/c1-11-17-16(23-19-11)20-6-4-5-12(10-20)18-13-7-14(21-2)9-15(8-13)22-3/h7-9,12,18H,4-6,10H2,1-3H3/t12-/m1/s1. The van der Waals surface area contributed by atoms with E-state index in [1.165, 1.54) is 11.5 Å². The van der Waals surface area contributed by atoms with Gasteiger partial charge in [0, 0.05) is 54.6 Å². The topological polar surface area (TPSA) is 59.5 Å². The van der Waals surface area contributed by atoms with Gasteiger partial charge in [0.25, 0.3) is 0 Å². The van der Waals surface area contributed by atoms with Crippen molar-refractivity contribution in [2.75, 3.05) is 37.5 Å². The van der Waals surface area contributed by atoms with Crippen LogP contribution in [0.5, 0.6) is 11.5 Å². The second-order valence-corrected chi connectivity index (χ2v) is 6.39. The maximum atomic E-state index is 5.33. The van der Waals surface area contributed by atoms with Crippen molar-refractivity contribution < 1.29 is 9.47 Å². The van der Waals surface area contributed by atoms with Crippen molar-refractivity contribution in [1.82, 2.24) is 9.36 Å². The summed E-state index contributed by atoms with van der Waals surface area (Å²) >= 11 is 1.47. The van der Waals surface area contributed by atoms with Gasteiger partial charge in [0.1, 0.15) is 17.3 Å². The van der Waals surface area contributed by atoms with Crippen LogP contribution in [0.1, 0.15) is 18.7 Å². The van der Waals surface area contributed by atoms with Crippen molar-refractivity contribution >= 4 is 22.4 Å². The third kappa shape index (κ3) is 3.85. The summed E-state index contributed by atoms with van der Waals surface area (Å²) in [6.45, 7) is 3.89. The van der Waals surface area contributed by atoms with E-state index < -0.39 is 0 Å². The van der Waals surface area contributed by atoms with Gasteiger partial charge in [0.2, 0.25) is 5.13 Å². The van der Waals surface area contributed by atoms with E-state index in [4.69, 9.17) is 9.47 Å². The Morgan fingerprint density at radius 1 is 1.22 bits per heavy atom. The van der Waals surface area contributed by atoms with E-state index in [1.54, 1.807) is 14.2 Å². The minimum Gasteiger partial charge on any atom is -0.497 e. The Morgan fingerprint density at radius 3 is 2.57 bits per heavy atom. The van der Waals surface area contributed by atoms with Crippen molar-refractivity contribution in [2.24, 2.45) is 0 Å². The monoisotopic (exact) mass is 334 g/mol. The maximum absolute atomic E-state index is 5.33. The van der Waals surface area contributed by atoms with Gasteiger partial charge >= 0.3 is 0 Å². The number of aromatic nitrogens is 2. The van der Waals surface area contributed by atoms with E-state index in [9.17, 15) is 0 Å². The lowest BCUT2D eigenvalue weighted by atomic mass is 10.1. The number of piperidine rings is 1. The lowest BCUT2D eigenvalue weighted by Crippen LogP contribution is -2.42. The van der Waals surface area contributed by atoms with Crippen LogP contribution in [0.25, 0.3) is 0 Å². The van der Waals surface area contributed by atoms with Gasteiger partial charge in [0.15, 0.2) is 0 Å². The minimum absolute atomic E-state index is 0.366. The van der Waals surface area contributed by atoms with Crippen LogP contribution in [0.4, 0.5) is 10.8 Å². The van der Waals surface area contributed by atoms with E-state index >= 15 is 0 Å². The number of nitrogens with one attached hydrogen (secondary N) is 1. The Bertz CT molecular complexity index is 639. The fourth-order valence-corrected chi connectivity index (χ4v) is 3.52. The van der Waals surface area contributed by atoms with Gasteiger partial charge in [-0.25, -0.2) is 4.98 Å². The molecule has 3 rings (SSSR count). The Labute approximate surface area is 140 Å². The van der Waals surface area contributed by atoms with E-state index in [-0.39, 0.29) is 0 Å². The lowest BCUT2D eigenvalue weighted by Gasteiger charge is -2.33. The molecule has 0 amide bonds. The summed E-state index contributed by atoms with van der Waals surface area (Å²) < 4.78 is 14.9. The summed E-state index contributed by atoms with van der Waals surface area (Å²) in [5.74, 6) is 2.43.